The Bertz CT molecular complexity index is 390. The Kier molecular flexibility index (Phi) is 30.4. The van der Waals surface area contributed by atoms with Gasteiger partial charge >= 0.3 is 28.2 Å². The predicted molar refractivity (Wildman–Crippen MR) is 122 cm³/mol. The zero-order chi connectivity index (χ0) is 20.8. The fraction of sp³-hybridized carbons (Fsp3) is 0.619. The molecule has 0 radical (unpaired) electrons. The third-order valence-corrected chi connectivity index (χ3v) is 9.28. The maximum atomic E-state index is 6.78. The first-order valence-electron chi connectivity index (χ1n) is 9.19. The molecule has 1 nitrogen and oxygen atoms in total. The van der Waals surface area contributed by atoms with Gasteiger partial charge in [-0.25, -0.2) is 0 Å². The van der Waals surface area contributed by atoms with Gasteiger partial charge in [0.05, 0.1) is 7.11 Å². The van der Waals surface area contributed by atoms with Gasteiger partial charge < -0.3 is 11.2 Å². The van der Waals surface area contributed by atoms with Gasteiger partial charge in [0.2, 0.25) is 0 Å². The molecule has 0 saturated heterocycles. The van der Waals surface area contributed by atoms with Crippen molar-refractivity contribution in [3.05, 3.63) is 36.3 Å². The summed E-state index contributed by atoms with van der Waals surface area (Å²) in [4.78, 5) is 0. The molecule has 1 aromatic rings. The molecule has 0 unspecified atom stereocenters. The van der Waals surface area contributed by atoms with Crippen molar-refractivity contribution in [3.63, 3.8) is 0 Å². The molecule has 154 valence electrons. The molecular formula is C21H37ClOP2Pt. The SMILES string of the molecule is CCP(CC)CC.CCP(CC)CC.[C-]#Cc1ccc(OC)cc1.[Cl][Pt+]. The van der Waals surface area contributed by atoms with Crippen LogP contribution in [0.3, 0.4) is 0 Å². The van der Waals surface area contributed by atoms with Crippen molar-refractivity contribution in [1.82, 2.24) is 0 Å². The second-order valence-electron chi connectivity index (χ2n) is 5.09. The minimum absolute atomic E-state index is 0.446. The molecule has 0 aliphatic heterocycles. The van der Waals surface area contributed by atoms with Crippen molar-refractivity contribution in [2.24, 2.45) is 0 Å². The van der Waals surface area contributed by atoms with E-state index in [0.29, 0.717) is 15.8 Å². The van der Waals surface area contributed by atoms with Crippen LogP contribution in [-0.2, 0) is 18.8 Å². The molecule has 0 aliphatic carbocycles. The van der Waals surface area contributed by atoms with E-state index in [1.165, 1.54) is 37.0 Å². The number of hydrogen-bond donors (Lipinski definition) is 0. The van der Waals surface area contributed by atoms with Crippen LogP contribution in [0, 0.1) is 12.3 Å². The summed E-state index contributed by atoms with van der Waals surface area (Å²) in [6, 6.07) is 7.17. The van der Waals surface area contributed by atoms with Crippen LogP contribution in [0.5, 0.6) is 5.75 Å². The van der Waals surface area contributed by atoms with E-state index >= 15 is 0 Å². The summed E-state index contributed by atoms with van der Waals surface area (Å²) in [5.41, 5.74) is 0.765. The maximum absolute atomic E-state index is 6.78. The van der Waals surface area contributed by atoms with Crippen LogP contribution in [-0.4, -0.2) is 44.1 Å². The molecule has 0 amide bonds. The molecule has 1 aromatic carbocycles. The summed E-state index contributed by atoms with van der Waals surface area (Å²) in [5, 5.41) is 0. The van der Waals surface area contributed by atoms with Crippen molar-refractivity contribution in [2.75, 3.05) is 44.1 Å². The van der Waals surface area contributed by atoms with Crippen LogP contribution in [0.15, 0.2) is 24.3 Å². The van der Waals surface area contributed by atoms with Gasteiger partial charge in [0.1, 0.15) is 5.75 Å². The fourth-order valence-corrected chi connectivity index (χ4v) is 4.70. The number of halogens is 1. The fourth-order valence-electron chi connectivity index (χ4n) is 2.02. The van der Waals surface area contributed by atoms with Crippen LogP contribution in [0.1, 0.15) is 47.1 Å². The van der Waals surface area contributed by atoms with Gasteiger partial charge in [-0.3, -0.25) is 5.92 Å². The third kappa shape index (κ3) is 19.2. The van der Waals surface area contributed by atoms with Crippen molar-refractivity contribution < 1.29 is 23.5 Å². The zero-order valence-electron chi connectivity index (χ0n) is 17.5. The minimum atomic E-state index is 0.446. The zero-order valence-corrected chi connectivity index (χ0v) is 22.4. The van der Waals surface area contributed by atoms with Crippen molar-refractivity contribution in [1.29, 1.82) is 0 Å². The molecule has 0 N–H and O–H groups in total. The first kappa shape index (κ1) is 31.1. The Morgan fingerprint density at radius 1 is 0.808 bits per heavy atom. The normalized spacial score (nSPS) is 9.04. The molecule has 0 saturated carbocycles. The molecule has 0 heterocycles. The van der Waals surface area contributed by atoms with Gasteiger partial charge in [-0.2, -0.15) is 0 Å². The monoisotopic (exact) mass is 597 g/mol. The van der Waals surface area contributed by atoms with Crippen LogP contribution in [0.4, 0.5) is 0 Å². The van der Waals surface area contributed by atoms with Gasteiger partial charge in [0.15, 0.2) is 0 Å². The number of rotatable bonds is 7. The molecule has 0 bridgehead atoms. The Labute approximate surface area is 181 Å². The standard InChI is InChI=1S/C9H7O.2C6H15P.ClH.Pt/c1-3-8-4-6-9(10-2)7-5-8;2*1-4-7(5-2)6-3;;/h4-7H,2H3;2*4-6H2,1-3H3;1H;/q-1;;;;+2/p-1. The summed E-state index contributed by atoms with van der Waals surface area (Å²) in [5.74, 6) is 3.08. The second-order valence-corrected chi connectivity index (χ2v) is 11.6. The Hall–Kier alpha value is 0.418. The second kappa shape index (κ2) is 25.4. The summed E-state index contributed by atoms with van der Waals surface area (Å²) < 4.78 is 4.92. The Morgan fingerprint density at radius 2 is 1.12 bits per heavy atom. The van der Waals surface area contributed by atoms with E-state index in [9.17, 15) is 0 Å². The van der Waals surface area contributed by atoms with Crippen LogP contribution >= 0.6 is 25.3 Å². The van der Waals surface area contributed by atoms with E-state index in [0.717, 1.165) is 11.3 Å². The molecule has 0 aromatic heterocycles. The molecule has 5 heteroatoms. The Balaban J connectivity index is -0.000000299. The first-order chi connectivity index (χ1) is 12.6. The number of ether oxygens (including phenoxy) is 1. The molecular weight excluding hydrogens is 561 g/mol. The molecule has 1 rings (SSSR count). The van der Waals surface area contributed by atoms with Gasteiger partial charge in [-0.05, 0) is 49.1 Å². The van der Waals surface area contributed by atoms with Crippen molar-refractivity contribution in [3.8, 4) is 11.7 Å². The predicted octanol–water partition coefficient (Wildman–Crippen LogP) is 7.38. The third-order valence-electron chi connectivity index (χ3n) is 3.92. The van der Waals surface area contributed by atoms with Crippen LogP contribution in [0.2, 0.25) is 0 Å². The van der Waals surface area contributed by atoms with Crippen LogP contribution < -0.4 is 4.74 Å². The molecule has 0 aliphatic rings. The summed E-state index contributed by atoms with van der Waals surface area (Å²) in [6.07, 6.45) is 15.3. The van der Waals surface area contributed by atoms with Crippen LogP contribution in [0.25, 0.3) is 0 Å². The van der Waals surface area contributed by atoms with Crippen molar-refractivity contribution in [2.45, 2.75) is 41.5 Å². The average molecular weight is 598 g/mol. The van der Waals surface area contributed by atoms with E-state index in [2.05, 4.69) is 56.9 Å². The van der Waals surface area contributed by atoms with Gasteiger partial charge in [-0.15, -0.1) is 33.5 Å². The van der Waals surface area contributed by atoms with E-state index in [-0.39, 0.29) is 0 Å². The first-order valence-corrected chi connectivity index (χ1v) is 15.8. The van der Waals surface area contributed by atoms with E-state index < -0.39 is 0 Å². The summed E-state index contributed by atoms with van der Waals surface area (Å²) >= 11 is 1.61. The quantitative estimate of drug-likeness (QED) is 0.181. The van der Waals surface area contributed by atoms with Gasteiger partial charge in [0.25, 0.3) is 0 Å². The molecule has 0 fully saturated rings. The van der Waals surface area contributed by atoms with E-state index in [1.54, 1.807) is 50.1 Å². The number of benzene rings is 1. The molecule has 0 atom stereocenters. The Morgan fingerprint density at radius 3 is 1.27 bits per heavy atom. The topological polar surface area (TPSA) is 9.23 Å². The van der Waals surface area contributed by atoms with Crippen molar-refractivity contribution >= 4 is 25.3 Å². The molecule has 0 spiro atoms. The van der Waals surface area contributed by atoms with E-state index in [1.807, 2.05) is 0 Å². The van der Waals surface area contributed by atoms with Gasteiger partial charge in [0, 0.05) is 0 Å². The van der Waals surface area contributed by atoms with Gasteiger partial charge in [-0.1, -0.05) is 41.5 Å². The summed E-state index contributed by atoms with van der Waals surface area (Å²) in [7, 11) is 7.12. The molecule has 26 heavy (non-hydrogen) atoms. The average Bonchev–Trinajstić information content (AvgIpc) is 2.73. The summed E-state index contributed by atoms with van der Waals surface area (Å²) in [6.45, 7) is 13.7. The van der Waals surface area contributed by atoms with E-state index in [4.69, 9.17) is 11.2 Å². The number of methoxy groups -OCH3 is 1. The number of hydrogen-bond acceptors (Lipinski definition) is 1.